The Labute approximate surface area is 115 Å². The number of anilines is 1. The highest BCUT2D eigenvalue weighted by Crippen LogP contribution is 2.32. The summed E-state index contributed by atoms with van der Waals surface area (Å²) >= 11 is 1.30. The fraction of sp³-hybridized carbons (Fsp3) is 0.333. The molecule has 2 heterocycles. The van der Waals surface area contributed by atoms with Gasteiger partial charge in [0.05, 0.1) is 6.61 Å². The molecule has 0 spiro atoms. The summed E-state index contributed by atoms with van der Waals surface area (Å²) in [5, 5.41) is 1.21. The highest BCUT2D eigenvalue weighted by atomic mass is 32.2. The molecule has 6 nitrogen and oxygen atoms in total. The Bertz CT molecular complexity index is 564. The lowest BCUT2D eigenvalue weighted by Crippen LogP contribution is -2.03. The number of hydrogen-bond donors (Lipinski definition) is 1. The molecule has 2 aromatic rings. The van der Waals surface area contributed by atoms with Gasteiger partial charge in [0.2, 0.25) is 5.88 Å². The van der Waals surface area contributed by atoms with Gasteiger partial charge in [0, 0.05) is 11.9 Å². The largest absolute Gasteiger partial charge is 0.476 e. The van der Waals surface area contributed by atoms with Gasteiger partial charge in [0.1, 0.15) is 17.0 Å². The molecule has 0 amide bonds. The van der Waals surface area contributed by atoms with E-state index in [1.807, 2.05) is 19.9 Å². The number of ether oxygens (including phenoxy) is 1. The average molecular weight is 277 g/mol. The highest BCUT2D eigenvalue weighted by Gasteiger charge is 2.12. The molecular formula is C12H15N5OS. The highest BCUT2D eigenvalue weighted by molar-refractivity contribution is 7.99. The monoisotopic (exact) mass is 277 g/mol. The lowest BCUT2D eigenvalue weighted by molar-refractivity contribution is 0.305. The predicted octanol–water partition coefficient (Wildman–Crippen LogP) is 2.10. The van der Waals surface area contributed by atoms with Crippen LogP contribution in [-0.4, -0.2) is 26.5 Å². The van der Waals surface area contributed by atoms with Gasteiger partial charge in [-0.2, -0.15) is 4.98 Å². The van der Waals surface area contributed by atoms with Gasteiger partial charge in [-0.1, -0.05) is 6.92 Å². The van der Waals surface area contributed by atoms with Crippen LogP contribution in [0.1, 0.15) is 19.0 Å². The zero-order chi connectivity index (χ0) is 13.7. The number of nitrogen functional groups attached to an aromatic ring is 1. The third kappa shape index (κ3) is 3.54. The maximum atomic E-state index is 5.98. The number of hydrogen-bond acceptors (Lipinski definition) is 7. The maximum absolute atomic E-state index is 5.98. The first-order chi connectivity index (χ1) is 9.20. The minimum Gasteiger partial charge on any atom is -0.476 e. The van der Waals surface area contributed by atoms with E-state index in [1.54, 1.807) is 6.20 Å². The molecule has 19 heavy (non-hydrogen) atoms. The Hall–Kier alpha value is -1.89. The van der Waals surface area contributed by atoms with Crippen LogP contribution >= 0.6 is 11.8 Å². The van der Waals surface area contributed by atoms with Gasteiger partial charge >= 0.3 is 0 Å². The van der Waals surface area contributed by atoms with Crippen LogP contribution in [0.2, 0.25) is 0 Å². The summed E-state index contributed by atoms with van der Waals surface area (Å²) in [6, 6.07) is 1.84. The first-order valence-corrected chi connectivity index (χ1v) is 6.73. The fourth-order valence-electron chi connectivity index (χ4n) is 1.32. The number of nitrogens with two attached hydrogens (primary N) is 1. The van der Waals surface area contributed by atoms with Crippen molar-refractivity contribution in [2.24, 2.45) is 0 Å². The second-order valence-corrected chi connectivity index (χ2v) is 4.78. The molecule has 0 unspecified atom stereocenters. The number of rotatable bonds is 5. The van der Waals surface area contributed by atoms with Crippen LogP contribution < -0.4 is 10.5 Å². The van der Waals surface area contributed by atoms with Crippen molar-refractivity contribution in [2.75, 3.05) is 12.3 Å². The van der Waals surface area contributed by atoms with E-state index in [0.29, 0.717) is 28.4 Å². The third-order valence-electron chi connectivity index (χ3n) is 2.21. The Morgan fingerprint density at radius 2 is 2.16 bits per heavy atom. The normalized spacial score (nSPS) is 10.4. The average Bonchev–Trinajstić information content (AvgIpc) is 2.40. The zero-order valence-electron chi connectivity index (χ0n) is 10.8. The third-order valence-corrected chi connectivity index (χ3v) is 3.11. The molecule has 2 N–H and O–H groups in total. The van der Waals surface area contributed by atoms with Crippen molar-refractivity contribution in [2.45, 2.75) is 30.5 Å². The molecule has 7 heteroatoms. The van der Waals surface area contributed by atoms with Crippen LogP contribution in [0.3, 0.4) is 0 Å². The van der Waals surface area contributed by atoms with E-state index in [4.69, 9.17) is 10.5 Å². The lowest BCUT2D eigenvalue weighted by atomic mass is 10.5. The SMILES string of the molecule is CCCOc1ncnc(Sc2nccc(C)n2)c1N. The second kappa shape index (κ2) is 6.33. The van der Waals surface area contributed by atoms with Gasteiger partial charge in [0.25, 0.3) is 0 Å². The van der Waals surface area contributed by atoms with Crippen molar-refractivity contribution in [1.29, 1.82) is 0 Å². The number of aromatic nitrogens is 4. The molecule has 100 valence electrons. The predicted molar refractivity (Wildman–Crippen MR) is 73.1 cm³/mol. The number of nitrogens with zero attached hydrogens (tertiary/aromatic N) is 4. The van der Waals surface area contributed by atoms with Crippen LogP contribution in [0.15, 0.2) is 28.8 Å². The van der Waals surface area contributed by atoms with E-state index in [1.165, 1.54) is 18.1 Å². The molecule has 2 aromatic heterocycles. The Morgan fingerprint density at radius 1 is 1.32 bits per heavy atom. The molecule has 0 fully saturated rings. The van der Waals surface area contributed by atoms with Gasteiger partial charge in [-0.25, -0.2) is 15.0 Å². The Morgan fingerprint density at radius 3 is 2.89 bits per heavy atom. The van der Waals surface area contributed by atoms with E-state index in [0.717, 1.165) is 12.1 Å². The molecular weight excluding hydrogens is 262 g/mol. The van der Waals surface area contributed by atoms with Crippen LogP contribution in [0.25, 0.3) is 0 Å². The summed E-state index contributed by atoms with van der Waals surface area (Å²) in [5.74, 6) is 0.409. The molecule has 0 aliphatic rings. The Balaban J connectivity index is 2.20. The molecule has 0 bridgehead atoms. The lowest BCUT2D eigenvalue weighted by Gasteiger charge is -2.08. The van der Waals surface area contributed by atoms with Crippen molar-refractivity contribution in [3.05, 3.63) is 24.3 Å². The molecule has 2 rings (SSSR count). The fourth-order valence-corrected chi connectivity index (χ4v) is 2.09. The van der Waals surface area contributed by atoms with Crippen LogP contribution in [0.4, 0.5) is 5.69 Å². The molecule has 0 saturated heterocycles. The van der Waals surface area contributed by atoms with Crippen molar-refractivity contribution < 1.29 is 4.74 Å². The van der Waals surface area contributed by atoms with E-state index in [-0.39, 0.29) is 0 Å². The molecule has 0 aliphatic heterocycles. The molecule has 0 atom stereocenters. The van der Waals surface area contributed by atoms with Crippen LogP contribution in [0, 0.1) is 6.92 Å². The van der Waals surface area contributed by atoms with Crippen molar-refractivity contribution in [3.63, 3.8) is 0 Å². The Kier molecular flexibility index (Phi) is 4.51. The summed E-state index contributed by atoms with van der Waals surface area (Å²) in [6.45, 7) is 4.50. The van der Waals surface area contributed by atoms with Crippen LogP contribution in [-0.2, 0) is 0 Å². The van der Waals surface area contributed by atoms with Crippen molar-refractivity contribution in [3.8, 4) is 5.88 Å². The second-order valence-electron chi connectivity index (χ2n) is 3.83. The summed E-state index contributed by atoms with van der Waals surface area (Å²) in [6.07, 6.45) is 4.03. The quantitative estimate of drug-likeness (QED) is 0.661. The number of aryl methyl sites for hydroxylation is 1. The molecule has 0 saturated carbocycles. The van der Waals surface area contributed by atoms with E-state index < -0.39 is 0 Å². The molecule has 0 aromatic carbocycles. The van der Waals surface area contributed by atoms with Gasteiger partial charge in [0.15, 0.2) is 5.16 Å². The summed E-state index contributed by atoms with van der Waals surface area (Å²) in [4.78, 5) is 16.6. The van der Waals surface area contributed by atoms with E-state index in [2.05, 4.69) is 19.9 Å². The van der Waals surface area contributed by atoms with Gasteiger partial charge in [-0.05, 0) is 31.2 Å². The molecule has 0 aliphatic carbocycles. The standard InChI is InChI=1S/C12H15N5OS/c1-3-6-18-10-9(13)11(16-7-15-10)19-12-14-5-4-8(2)17-12/h4-5,7H,3,6,13H2,1-2H3. The smallest absolute Gasteiger partial charge is 0.241 e. The minimum absolute atomic E-state index is 0.409. The summed E-state index contributed by atoms with van der Waals surface area (Å²) in [5.41, 5.74) is 7.30. The van der Waals surface area contributed by atoms with Gasteiger partial charge < -0.3 is 10.5 Å². The van der Waals surface area contributed by atoms with Crippen molar-refractivity contribution in [1.82, 2.24) is 19.9 Å². The summed E-state index contributed by atoms with van der Waals surface area (Å²) < 4.78 is 5.46. The van der Waals surface area contributed by atoms with Gasteiger partial charge in [-0.15, -0.1) is 0 Å². The first kappa shape index (κ1) is 13.5. The summed E-state index contributed by atoms with van der Waals surface area (Å²) in [7, 11) is 0. The maximum Gasteiger partial charge on any atom is 0.241 e. The topological polar surface area (TPSA) is 86.8 Å². The van der Waals surface area contributed by atoms with Crippen molar-refractivity contribution >= 4 is 17.4 Å². The van der Waals surface area contributed by atoms with E-state index >= 15 is 0 Å². The molecule has 0 radical (unpaired) electrons. The van der Waals surface area contributed by atoms with Gasteiger partial charge in [-0.3, -0.25) is 0 Å². The first-order valence-electron chi connectivity index (χ1n) is 5.91. The minimum atomic E-state index is 0.409. The zero-order valence-corrected chi connectivity index (χ0v) is 11.6. The van der Waals surface area contributed by atoms with E-state index in [9.17, 15) is 0 Å². The van der Waals surface area contributed by atoms with Crippen LogP contribution in [0.5, 0.6) is 5.88 Å².